The molecule has 3 aromatic rings. The fourth-order valence-electron chi connectivity index (χ4n) is 4.28. The van der Waals surface area contributed by atoms with Crippen LogP contribution in [0.2, 0.25) is 0 Å². The number of ether oxygens (including phenoxy) is 1. The number of carboxylic acid groups (broad SMARTS) is 1. The Bertz CT molecular complexity index is 1190. The molecule has 2 amide bonds. The highest BCUT2D eigenvalue weighted by Gasteiger charge is 2.29. The van der Waals surface area contributed by atoms with Crippen molar-refractivity contribution in [3.8, 4) is 11.1 Å². The third-order valence-corrected chi connectivity index (χ3v) is 5.89. The molecule has 1 aliphatic carbocycles. The zero-order valence-corrected chi connectivity index (χ0v) is 19.0. The summed E-state index contributed by atoms with van der Waals surface area (Å²) in [5, 5.41) is 14.0. The summed E-state index contributed by atoms with van der Waals surface area (Å²) in [6.45, 7) is 0.170. The van der Waals surface area contributed by atoms with E-state index < -0.39 is 24.0 Å². The molecular weight excluding hydrogens is 444 g/mol. The Labute approximate surface area is 203 Å². The van der Waals surface area contributed by atoms with Gasteiger partial charge in [0.2, 0.25) is 5.91 Å². The molecule has 1 aliphatic rings. The highest BCUT2D eigenvalue weighted by Crippen LogP contribution is 2.44. The van der Waals surface area contributed by atoms with E-state index in [0.29, 0.717) is 0 Å². The summed E-state index contributed by atoms with van der Waals surface area (Å²) < 4.78 is 5.59. The first-order chi connectivity index (χ1) is 17.0. The molecule has 0 fully saturated rings. The van der Waals surface area contributed by atoms with Gasteiger partial charge >= 0.3 is 12.1 Å². The average Bonchev–Trinajstić information content (AvgIpc) is 3.19. The van der Waals surface area contributed by atoms with E-state index in [9.17, 15) is 14.4 Å². The fraction of sp³-hybridized carbons (Fsp3) is 0.179. The Balaban J connectivity index is 1.42. The molecule has 0 aliphatic heterocycles. The summed E-state index contributed by atoms with van der Waals surface area (Å²) >= 11 is 0. The second-order valence-corrected chi connectivity index (χ2v) is 8.20. The van der Waals surface area contributed by atoms with E-state index in [-0.39, 0.29) is 25.5 Å². The van der Waals surface area contributed by atoms with Gasteiger partial charge in [0.05, 0.1) is 0 Å². The molecule has 0 bridgehead atoms. The molecule has 0 saturated heterocycles. The van der Waals surface area contributed by atoms with Crippen LogP contribution in [0.25, 0.3) is 11.1 Å². The second-order valence-electron chi connectivity index (χ2n) is 8.20. The van der Waals surface area contributed by atoms with Crippen LogP contribution in [0.3, 0.4) is 0 Å². The zero-order valence-electron chi connectivity index (χ0n) is 19.0. The molecule has 35 heavy (non-hydrogen) atoms. The number of carboxylic acids is 1. The van der Waals surface area contributed by atoms with Crippen LogP contribution in [0.4, 0.5) is 4.79 Å². The molecule has 7 heteroatoms. The monoisotopic (exact) mass is 470 g/mol. The summed E-state index contributed by atoms with van der Waals surface area (Å²) in [6.07, 6.45) is 1.85. The van der Waals surface area contributed by atoms with E-state index in [2.05, 4.69) is 22.8 Å². The predicted octanol–water partition coefficient (Wildman–Crippen LogP) is 3.89. The van der Waals surface area contributed by atoms with Gasteiger partial charge in [-0.25, -0.2) is 9.59 Å². The molecular formula is C28H26N2O5. The first-order valence-corrected chi connectivity index (χ1v) is 11.4. The zero-order chi connectivity index (χ0) is 24.6. The van der Waals surface area contributed by atoms with Crippen LogP contribution in [-0.4, -0.2) is 42.3 Å². The Hall–Kier alpha value is -4.39. The Morgan fingerprint density at radius 1 is 0.886 bits per heavy atom. The molecule has 0 spiro atoms. The van der Waals surface area contributed by atoms with E-state index in [1.54, 1.807) is 0 Å². The molecule has 0 heterocycles. The number of aliphatic carboxylic acids is 1. The third-order valence-electron chi connectivity index (χ3n) is 5.89. The molecule has 1 unspecified atom stereocenters. The number of carbonyl (C=O) groups is 3. The van der Waals surface area contributed by atoms with Crippen LogP contribution in [-0.2, 0) is 20.7 Å². The van der Waals surface area contributed by atoms with Crippen molar-refractivity contribution in [1.29, 1.82) is 0 Å². The van der Waals surface area contributed by atoms with E-state index in [0.717, 1.165) is 33.9 Å². The Kier molecular flexibility index (Phi) is 7.57. The number of carbonyl (C=O) groups excluding carboxylic acids is 2. The standard InChI is InChI=1S/C28H26N2O5/c31-26(32)15-8-16-29-27(33)25(17-19-9-2-1-3-10-19)30-28(34)35-18-24-22-13-6-4-11-20(22)21-12-5-7-14-23(21)24/h1-15,24-25H,16-18H2,(H,29,33)(H,30,34)(H,31,32)/b15-8+. The quantitative estimate of drug-likeness (QED) is 0.412. The molecule has 178 valence electrons. The van der Waals surface area contributed by atoms with Gasteiger partial charge in [-0.3, -0.25) is 4.79 Å². The van der Waals surface area contributed by atoms with Gasteiger partial charge in [0, 0.05) is 25.0 Å². The number of amides is 2. The van der Waals surface area contributed by atoms with Crippen molar-refractivity contribution in [2.24, 2.45) is 0 Å². The van der Waals surface area contributed by atoms with E-state index >= 15 is 0 Å². The van der Waals surface area contributed by atoms with Crippen LogP contribution < -0.4 is 10.6 Å². The van der Waals surface area contributed by atoms with E-state index in [1.165, 1.54) is 6.08 Å². The fourth-order valence-corrected chi connectivity index (χ4v) is 4.28. The predicted molar refractivity (Wildman–Crippen MR) is 132 cm³/mol. The van der Waals surface area contributed by atoms with Crippen molar-refractivity contribution in [2.45, 2.75) is 18.4 Å². The first kappa shape index (κ1) is 23.8. The Morgan fingerprint density at radius 2 is 1.49 bits per heavy atom. The van der Waals surface area contributed by atoms with Crippen LogP contribution in [0.15, 0.2) is 91.0 Å². The average molecular weight is 471 g/mol. The van der Waals surface area contributed by atoms with Gasteiger partial charge in [-0.1, -0.05) is 84.9 Å². The van der Waals surface area contributed by atoms with Gasteiger partial charge in [-0.2, -0.15) is 0 Å². The van der Waals surface area contributed by atoms with Gasteiger partial charge in [-0.05, 0) is 27.8 Å². The molecule has 1 atom stereocenters. The van der Waals surface area contributed by atoms with Gasteiger partial charge in [0.25, 0.3) is 0 Å². The van der Waals surface area contributed by atoms with Crippen molar-refractivity contribution >= 4 is 18.0 Å². The van der Waals surface area contributed by atoms with E-state index in [1.807, 2.05) is 66.7 Å². The lowest BCUT2D eigenvalue weighted by atomic mass is 9.98. The minimum atomic E-state index is -1.10. The minimum absolute atomic E-state index is 0.0305. The number of rotatable bonds is 9. The van der Waals surface area contributed by atoms with Gasteiger partial charge in [0.15, 0.2) is 0 Å². The Morgan fingerprint density at radius 3 is 2.11 bits per heavy atom. The summed E-state index contributed by atoms with van der Waals surface area (Å²) in [5.74, 6) is -1.62. The maximum atomic E-state index is 12.8. The number of nitrogens with one attached hydrogen (secondary N) is 2. The lowest BCUT2D eigenvalue weighted by Crippen LogP contribution is -2.48. The van der Waals surface area contributed by atoms with Crippen molar-refractivity contribution in [2.75, 3.05) is 13.2 Å². The molecule has 0 saturated carbocycles. The normalized spacial score (nSPS) is 13.0. The molecule has 0 radical (unpaired) electrons. The SMILES string of the molecule is O=C(O)/C=C/CNC(=O)C(Cc1ccccc1)NC(=O)OCC1c2ccccc2-c2ccccc21. The highest BCUT2D eigenvalue weighted by molar-refractivity contribution is 5.86. The molecule has 0 aromatic heterocycles. The molecule has 4 rings (SSSR count). The summed E-state index contributed by atoms with van der Waals surface area (Å²) in [6, 6.07) is 24.5. The maximum Gasteiger partial charge on any atom is 0.407 e. The van der Waals surface area contributed by atoms with Crippen molar-refractivity contribution in [1.82, 2.24) is 10.6 Å². The highest BCUT2D eigenvalue weighted by atomic mass is 16.5. The molecule has 3 N–H and O–H groups in total. The lowest BCUT2D eigenvalue weighted by molar-refractivity contribution is -0.131. The number of hydrogen-bond donors (Lipinski definition) is 3. The largest absolute Gasteiger partial charge is 0.478 e. The van der Waals surface area contributed by atoms with Crippen LogP contribution >= 0.6 is 0 Å². The minimum Gasteiger partial charge on any atom is -0.478 e. The topological polar surface area (TPSA) is 105 Å². The van der Waals surface area contributed by atoms with Crippen LogP contribution in [0.1, 0.15) is 22.6 Å². The smallest absolute Gasteiger partial charge is 0.407 e. The van der Waals surface area contributed by atoms with Crippen LogP contribution in [0, 0.1) is 0 Å². The summed E-state index contributed by atoms with van der Waals surface area (Å²) in [4.78, 5) is 36.1. The van der Waals surface area contributed by atoms with Crippen molar-refractivity contribution in [3.63, 3.8) is 0 Å². The first-order valence-electron chi connectivity index (χ1n) is 11.4. The molecule has 3 aromatic carbocycles. The summed E-state index contributed by atoms with van der Waals surface area (Å²) in [5.41, 5.74) is 5.34. The van der Waals surface area contributed by atoms with Gasteiger partial charge in [-0.15, -0.1) is 0 Å². The number of alkyl carbamates (subject to hydrolysis) is 1. The second kappa shape index (κ2) is 11.2. The van der Waals surface area contributed by atoms with Crippen molar-refractivity contribution in [3.05, 3.63) is 108 Å². The number of hydrogen-bond acceptors (Lipinski definition) is 4. The number of fused-ring (bicyclic) bond motifs is 3. The number of benzene rings is 3. The third kappa shape index (κ3) is 5.95. The maximum absolute atomic E-state index is 12.8. The van der Waals surface area contributed by atoms with Gasteiger partial charge < -0.3 is 20.5 Å². The van der Waals surface area contributed by atoms with E-state index in [4.69, 9.17) is 9.84 Å². The summed E-state index contributed by atoms with van der Waals surface area (Å²) in [7, 11) is 0. The molecule has 7 nitrogen and oxygen atoms in total. The van der Waals surface area contributed by atoms with Gasteiger partial charge in [0.1, 0.15) is 12.6 Å². The lowest BCUT2D eigenvalue weighted by Gasteiger charge is -2.19. The van der Waals surface area contributed by atoms with Crippen molar-refractivity contribution < 1.29 is 24.2 Å². The van der Waals surface area contributed by atoms with Crippen LogP contribution in [0.5, 0.6) is 0 Å².